The van der Waals surface area contributed by atoms with Crippen molar-refractivity contribution in [3.63, 3.8) is 0 Å². The van der Waals surface area contributed by atoms with Crippen LogP contribution in [0.5, 0.6) is 17.2 Å². The van der Waals surface area contributed by atoms with E-state index in [1.807, 2.05) is 48.3 Å². The number of fused-ring (bicyclic) bond motifs is 3. The summed E-state index contributed by atoms with van der Waals surface area (Å²) < 4.78 is 6.27. The summed E-state index contributed by atoms with van der Waals surface area (Å²) in [5, 5.41) is 27.1. The van der Waals surface area contributed by atoms with Crippen molar-refractivity contribution in [3.05, 3.63) is 89.0 Å². The molecule has 2 aliphatic heterocycles. The number of para-hydroxylation sites is 1. The van der Waals surface area contributed by atoms with Gasteiger partial charge in [-0.25, -0.2) is 5.01 Å². The number of nitrogens with zero attached hydrogens (tertiary/aromatic N) is 2. The predicted octanol–water partition coefficient (Wildman–Crippen LogP) is 4.65. The number of aromatic hydroxyl groups is 2. The molecule has 5 rings (SSSR count). The maximum absolute atomic E-state index is 10.4. The van der Waals surface area contributed by atoms with Gasteiger partial charge in [-0.05, 0) is 37.3 Å². The van der Waals surface area contributed by atoms with Gasteiger partial charge in [-0.15, -0.1) is 0 Å². The van der Waals surface area contributed by atoms with Gasteiger partial charge in [-0.3, -0.25) is 0 Å². The van der Waals surface area contributed by atoms with Crippen LogP contribution in [-0.4, -0.2) is 20.9 Å². The van der Waals surface area contributed by atoms with Crippen LogP contribution in [0.1, 0.15) is 40.9 Å². The SMILES string of the molecule is Cc1ccc(O)c(C2=NN3C(C2)c2ccccc2OC3c2cccc(O)c2)c1. The zero-order valence-corrected chi connectivity index (χ0v) is 15.4. The summed E-state index contributed by atoms with van der Waals surface area (Å²) in [5.74, 6) is 1.24. The molecule has 3 aromatic rings. The Labute approximate surface area is 163 Å². The Kier molecular flexibility index (Phi) is 3.76. The highest BCUT2D eigenvalue weighted by Gasteiger charge is 2.41. The highest BCUT2D eigenvalue weighted by molar-refractivity contribution is 6.04. The van der Waals surface area contributed by atoms with Crippen molar-refractivity contribution in [3.8, 4) is 17.2 Å². The van der Waals surface area contributed by atoms with E-state index >= 15 is 0 Å². The lowest BCUT2D eigenvalue weighted by Gasteiger charge is -2.38. The number of hydrazone groups is 1. The zero-order valence-electron chi connectivity index (χ0n) is 15.4. The molecule has 2 unspecified atom stereocenters. The van der Waals surface area contributed by atoms with E-state index in [1.54, 1.807) is 24.3 Å². The first-order valence-electron chi connectivity index (χ1n) is 9.30. The van der Waals surface area contributed by atoms with Gasteiger partial charge in [0.15, 0.2) is 0 Å². The van der Waals surface area contributed by atoms with Crippen molar-refractivity contribution in [2.75, 3.05) is 0 Å². The first-order valence-corrected chi connectivity index (χ1v) is 9.30. The molecule has 0 bridgehead atoms. The van der Waals surface area contributed by atoms with Crippen molar-refractivity contribution in [1.82, 2.24) is 5.01 Å². The third-order valence-electron chi connectivity index (χ3n) is 5.32. The molecule has 3 aromatic carbocycles. The molecular weight excluding hydrogens is 352 g/mol. The minimum absolute atomic E-state index is 0.00668. The van der Waals surface area contributed by atoms with E-state index in [4.69, 9.17) is 9.84 Å². The van der Waals surface area contributed by atoms with E-state index in [-0.39, 0.29) is 17.5 Å². The maximum Gasteiger partial charge on any atom is 0.214 e. The molecule has 0 aliphatic carbocycles. The second-order valence-corrected chi connectivity index (χ2v) is 7.27. The molecule has 0 saturated carbocycles. The van der Waals surface area contributed by atoms with Crippen LogP contribution < -0.4 is 4.74 Å². The average molecular weight is 372 g/mol. The van der Waals surface area contributed by atoms with E-state index in [0.717, 1.165) is 33.7 Å². The quantitative estimate of drug-likeness (QED) is 0.687. The Morgan fingerprint density at radius 1 is 1.00 bits per heavy atom. The number of rotatable bonds is 2. The molecule has 2 N–H and O–H groups in total. The summed E-state index contributed by atoms with van der Waals surface area (Å²) in [6, 6.07) is 20.6. The molecule has 5 nitrogen and oxygen atoms in total. The first kappa shape index (κ1) is 16.7. The Bertz CT molecular complexity index is 1090. The molecule has 2 atom stereocenters. The fourth-order valence-corrected chi connectivity index (χ4v) is 3.98. The van der Waals surface area contributed by atoms with Crippen molar-refractivity contribution < 1.29 is 14.9 Å². The third-order valence-corrected chi connectivity index (χ3v) is 5.32. The summed E-state index contributed by atoms with van der Waals surface area (Å²) in [6.07, 6.45) is 0.226. The van der Waals surface area contributed by atoms with Crippen molar-refractivity contribution in [2.45, 2.75) is 25.6 Å². The summed E-state index contributed by atoms with van der Waals surface area (Å²) in [7, 11) is 0. The molecule has 0 spiro atoms. The molecule has 2 aliphatic rings. The van der Waals surface area contributed by atoms with Crippen LogP contribution in [0.4, 0.5) is 0 Å². The van der Waals surface area contributed by atoms with Crippen LogP contribution in [0.3, 0.4) is 0 Å². The summed E-state index contributed by atoms with van der Waals surface area (Å²) in [4.78, 5) is 0. The lowest BCUT2D eigenvalue weighted by molar-refractivity contribution is -0.0191. The van der Waals surface area contributed by atoms with Gasteiger partial charge < -0.3 is 14.9 Å². The van der Waals surface area contributed by atoms with E-state index in [2.05, 4.69) is 6.07 Å². The number of ether oxygens (including phenoxy) is 1. The van der Waals surface area contributed by atoms with E-state index < -0.39 is 6.23 Å². The van der Waals surface area contributed by atoms with Crippen LogP contribution in [0.15, 0.2) is 71.8 Å². The minimum atomic E-state index is -0.448. The Morgan fingerprint density at radius 2 is 1.86 bits per heavy atom. The van der Waals surface area contributed by atoms with E-state index in [0.29, 0.717) is 6.42 Å². The molecule has 0 fully saturated rings. The normalized spacial score (nSPS) is 20.2. The van der Waals surface area contributed by atoms with Crippen LogP contribution in [-0.2, 0) is 0 Å². The molecule has 140 valence electrons. The Morgan fingerprint density at radius 3 is 2.71 bits per heavy atom. The minimum Gasteiger partial charge on any atom is -0.508 e. The lowest BCUT2D eigenvalue weighted by atomic mass is 9.95. The smallest absolute Gasteiger partial charge is 0.214 e. The van der Waals surface area contributed by atoms with Crippen LogP contribution in [0.25, 0.3) is 0 Å². The molecule has 5 heteroatoms. The lowest BCUT2D eigenvalue weighted by Crippen LogP contribution is -2.33. The molecule has 28 heavy (non-hydrogen) atoms. The summed E-state index contributed by atoms with van der Waals surface area (Å²) >= 11 is 0. The maximum atomic E-state index is 10.4. The standard InChI is InChI=1S/C23H20N2O3/c1-14-9-10-21(27)18(11-14)19-13-20-17-7-2-3-8-22(17)28-23(25(20)24-19)15-5-4-6-16(26)12-15/h2-12,20,23,26-27H,13H2,1H3. The topological polar surface area (TPSA) is 65.3 Å². The summed E-state index contributed by atoms with van der Waals surface area (Å²) in [5.41, 5.74) is 4.56. The fourth-order valence-electron chi connectivity index (χ4n) is 3.98. The third kappa shape index (κ3) is 2.67. The Balaban J connectivity index is 1.62. The number of aryl methyl sites for hydroxylation is 1. The first-order chi connectivity index (χ1) is 13.6. The Hall–Kier alpha value is -3.47. The predicted molar refractivity (Wildman–Crippen MR) is 106 cm³/mol. The van der Waals surface area contributed by atoms with Crippen LogP contribution in [0.2, 0.25) is 0 Å². The van der Waals surface area contributed by atoms with Gasteiger partial charge in [0, 0.05) is 23.1 Å². The number of hydrogen-bond acceptors (Lipinski definition) is 5. The highest BCUT2D eigenvalue weighted by Crippen LogP contribution is 2.48. The number of benzene rings is 3. The van der Waals surface area contributed by atoms with Gasteiger partial charge >= 0.3 is 0 Å². The van der Waals surface area contributed by atoms with Gasteiger partial charge in [-0.1, -0.05) is 42.0 Å². The average Bonchev–Trinajstić information content (AvgIpc) is 3.14. The van der Waals surface area contributed by atoms with Gasteiger partial charge in [0.1, 0.15) is 17.2 Å². The second kappa shape index (κ2) is 6.30. The van der Waals surface area contributed by atoms with Gasteiger partial charge in [0.05, 0.1) is 11.8 Å². The van der Waals surface area contributed by atoms with Gasteiger partial charge in [-0.2, -0.15) is 5.10 Å². The highest BCUT2D eigenvalue weighted by atomic mass is 16.5. The van der Waals surface area contributed by atoms with Crippen molar-refractivity contribution >= 4 is 5.71 Å². The van der Waals surface area contributed by atoms with E-state index in [9.17, 15) is 10.2 Å². The van der Waals surface area contributed by atoms with Crippen molar-refractivity contribution in [2.24, 2.45) is 5.10 Å². The van der Waals surface area contributed by atoms with Gasteiger partial charge in [0.2, 0.25) is 6.23 Å². The molecular formula is C23H20N2O3. The zero-order chi connectivity index (χ0) is 19.3. The molecule has 0 saturated heterocycles. The fraction of sp³-hybridized carbons (Fsp3) is 0.174. The second-order valence-electron chi connectivity index (χ2n) is 7.27. The molecule has 0 radical (unpaired) electrons. The molecule has 0 aromatic heterocycles. The van der Waals surface area contributed by atoms with Crippen LogP contribution >= 0.6 is 0 Å². The summed E-state index contributed by atoms with van der Waals surface area (Å²) in [6.45, 7) is 2.00. The monoisotopic (exact) mass is 372 g/mol. The number of phenols is 2. The van der Waals surface area contributed by atoms with Crippen molar-refractivity contribution in [1.29, 1.82) is 0 Å². The largest absolute Gasteiger partial charge is 0.508 e. The van der Waals surface area contributed by atoms with E-state index in [1.165, 1.54) is 0 Å². The number of phenolic OH excluding ortho intramolecular Hbond substituents is 2. The van der Waals surface area contributed by atoms with Gasteiger partial charge in [0.25, 0.3) is 0 Å². The molecule has 0 amide bonds. The number of hydrogen-bond donors (Lipinski definition) is 2. The molecule has 2 heterocycles. The van der Waals surface area contributed by atoms with Crippen LogP contribution in [0, 0.1) is 6.92 Å².